The van der Waals surface area contributed by atoms with Crippen molar-refractivity contribution in [2.45, 2.75) is 31.0 Å². The highest BCUT2D eigenvalue weighted by atomic mass is 32.2. The normalized spacial score (nSPS) is 12.8. The molecule has 0 saturated heterocycles. The van der Waals surface area contributed by atoms with Gasteiger partial charge in [0.2, 0.25) is 5.91 Å². The standard InChI is InChI=1S/C20H20N4O5S2/c1-29-9-8-23-19(26)17-14-6-3-7-15(14)31-18(17)22-20(23)30-11-16(25)21-12-4-2-5-13(10-12)24(27)28/h2,4-5,10H,3,6-9,11H2,1H3,(H,21,25). The molecule has 0 radical (unpaired) electrons. The number of carbonyl (C=O) groups excluding carboxylic acids is 1. The molecule has 4 rings (SSSR count). The molecule has 1 amide bonds. The number of hydrogen-bond donors (Lipinski definition) is 1. The van der Waals surface area contributed by atoms with Crippen LogP contribution in [0.5, 0.6) is 0 Å². The number of ether oxygens (including phenoxy) is 1. The van der Waals surface area contributed by atoms with Crippen molar-refractivity contribution in [1.82, 2.24) is 9.55 Å². The van der Waals surface area contributed by atoms with Crippen molar-refractivity contribution >= 4 is 50.6 Å². The number of thioether (sulfide) groups is 1. The maximum atomic E-state index is 13.2. The number of hydrogen-bond acceptors (Lipinski definition) is 8. The Bertz CT molecular complexity index is 1220. The van der Waals surface area contributed by atoms with Gasteiger partial charge in [-0.3, -0.25) is 24.3 Å². The lowest BCUT2D eigenvalue weighted by Crippen LogP contribution is -2.26. The summed E-state index contributed by atoms with van der Waals surface area (Å²) in [4.78, 5) is 42.6. The van der Waals surface area contributed by atoms with Crippen LogP contribution < -0.4 is 10.9 Å². The third kappa shape index (κ3) is 4.48. The number of nitrogens with one attached hydrogen (secondary N) is 1. The second kappa shape index (κ2) is 9.16. The van der Waals surface area contributed by atoms with Crippen molar-refractivity contribution in [3.63, 3.8) is 0 Å². The fourth-order valence-corrected chi connectivity index (χ4v) is 5.70. The minimum atomic E-state index is -0.517. The van der Waals surface area contributed by atoms with Gasteiger partial charge in [0.15, 0.2) is 5.16 Å². The molecule has 2 heterocycles. The van der Waals surface area contributed by atoms with Crippen molar-refractivity contribution in [3.05, 3.63) is 55.2 Å². The number of aryl methyl sites for hydroxylation is 2. The van der Waals surface area contributed by atoms with Crippen molar-refractivity contribution in [1.29, 1.82) is 0 Å². The number of amides is 1. The lowest BCUT2D eigenvalue weighted by atomic mass is 10.2. The van der Waals surface area contributed by atoms with Gasteiger partial charge in [0.25, 0.3) is 11.2 Å². The zero-order chi connectivity index (χ0) is 22.0. The molecule has 11 heteroatoms. The Morgan fingerprint density at radius 1 is 1.42 bits per heavy atom. The summed E-state index contributed by atoms with van der Waals surface area (Å²) < 4.78 is 6.72. The second-order valence-electron chi connectivity index (χ2n) is 7.03. The molecular formula is C20H20N4O5S2. The number of nitro benzene ring substituents is 1. The third-order valence-electron chi connectivity index (χ3n) is 4.98. The fraction of sp³-hybridized carbons (Fsp3) is 0.350. The number of non-ortho nitro benzene ring substituents is 1. The number of rotatable bonds is 8. The summed E-state index contributed by atoms with van der Waals surface area (Å²) in [5, 5.41) is 14.7. The average Bonchev–Trinajstić information content (AvgIpc) is 3.32. The Hall–Kier alpha value is -2.76. The lowest BCUT2D eigenvalue weighted by Gasteiger charge is -2.12. The molecule has 31 heavy (non-hydrogen) atoms. The van der Waals surface area contributed by atoms with Crippen molar-refractivity contribution in [2.24, 2.45) is 0 Å². The molecule has 0 atom stereocenters. The van der Waals surface area contributed by atoms with Crippen LogP contribution in [0.15, 0.2) is 34.2 Å². The highest BCUT2D eigenvalue weighted by Crippen LogP contribution is 2.35. The molecule has 3 aromatic rings. The quantitative estimate of drug-likeness (QED) is 0.237. The Kier molecular flexibility index (Phi) is 6.35. The highest BCUT2D eigenvalue weighted by Gasteiger charge is 2.23. The van der Waals surface area contributed by atoms with E-state index < -0.39 is 4.92 Å². The molecular weight excluding hydrogens is 440 g/mol. The molecule has 0 spiro atoms. The molecule has 9 nitrogen and oxygen atoms in total. The van der Waals surface area contributed by atoms with Gasteiger partial charge < -0.3 is 10.1 Å². The summed E-state index contributed by atoms with van der Waals surface area (Å²) >= 11 is 2.72. The molecule has 1 aliphatic rings. The summed E-state index contributed by atoms with van der Waals surface area (Å²) in [6.45, 7) is 0.699. The van der Waals surface area contributed by atoms with Crippen LogP contribution in [0.25, 0.3) is 10.2 Å². The number of nitro groups is 1. The predicted octanol–water partition coefficient (Wildman–Crippen LogP) is 3.23. The average molecular weight is 461 g/mol. The van der Waals surface area contributed by atoms with E-state index in [1.807, 2.05) is 0 Å². The van der Waals surface area contributed by atoms with E-state index in [9.17, 15) is 19.7 Å². The topological polar surface area (TPSA) is 116 Å². The van der Waals surface area contributed by atoms with Gasteiger partial charge in [-0.15, -0.1) is 11.3 Å². The molecule has 0 bridgehead atoms. The zero-order valence-electron chi connectivity index (χ0n) is 16.8. The van der Waals surface area contributed by atoms with Crippen molar-refractivity contribution in [2.75, 3.05) is 24.8 Å². The first-order valence-corrected chi connectivity index (χ1v) is 11.5. The molecule has 1 aliphatic carbocycles. The smallest absolute Gasteiger partial charge is 0.271 e. The van der Waals surface area contributed by atoms with Gasteiger partial charge in [-0.05, 0) is 30.9 Å². The Labute approximate surface area is 185 Å². The monoisotopic (exact) mass is 460 g/mol. The third-order valence-corrected chi connectivity index (χ3v) is 7.14. The summed E-state index contributed by atoms with van der Waals surface area (Å²) in [5.41, 5.74) is 1.26. The first-order valence-electron chi connectivity index (χ1n) is 9.69. The lowest BCUT2D eigenvalue weighted by molar-refractivity contribution is -0.384. The zero-order valence-corrected chi connectivity index (χ0v) is 18.4. The first-order chi connectivity index (χ1) is 15.0. The van der Waals surface area contributed by atoms with Crippen LogP contribution in [0.2, 0.25) is 0 Å². The van der Waals surface area contributed by atoms with Gasteiger partial charge in [-0.25, -0.2) is 4.98 Å². The Morgan fingerprint density at radius 2 is 2.26 bits per heavy atom. The molecule has 0 unspecified atom stereocenters. The predicted molar refractivity (Wildman–Crippen MR) is 120 cm³/mol. The van der Waals surface area contributed by atoms with Crippen molar-refractivity contribution in [3.8, 4) is 0 Å². The van der Waals surface area contributed by atoms with Gasteiger partial charge in [0.05, 0.1) is 29.2 Å². The number of nitrogens with zero attached hydrogens (tertiary/aromatic N) is 3. The van der Waals surface area contributed by atoms with Crippen molar-refractivity contribution < 1.29 is 14.5 Å². The van der Waals surface area contributed by atoms with E-state index in [1.165, 1.54) is 23.1 Å². The number of anilines is 1. The maximum Gasteiger partial charge on any atom is 0.271 e. The largest absolute Gasteiger partial charge is 0.383 e. The molecule has 162 valence electrons. The Balaban J connectivity index is 1.56. The molecule has 1 N–H and O–H groups in total. The number of fused-ring (bicyclic) bond motifs is 3. The van der Waals surface area contributed by atoms with E-state index in [4.69, 9.17) is 4.74 Å². The van der Waals surface area contributed by atoms with Crippen LogP contribution in [-0.4, -0.2) is 39.9 Å². The number of carbonyl (C=O) groups is 1. The van der Waals surface area contributed by atoms with E-state index in [-0.39, 0.29) is 22.9 Å². The van der Waals surface area contributed by atoms with Crippen LogP contribution in [0.1, 0.15) is 16.9 Å². The first kappa shape index (κ1) is 21.5. The fourth-order valence-electron chi connectivity index (χ4n) is 3.57. The van der Waals surface area contributed by atoms with E-state index in [2.05, 4.69) is 10.3 Å². The number of aromatic nitrogens is 2. The summed E-state index contributed by atoms with van der Waals surface area (Å²) in [6, 6.07) is 5.75. The summed E-state index contributed by atoms with van der Waals surface area (Å²) in [6.07, 6.45) is 2.93. The summed E-state index contributed by atoms with van der Waals surface area (Å²) in [5.74, 6) is -0.328. The van der Waals surface area contributed by atoms with E-state index in [1.54, 1.807) is 29.1 Å². The minimum Gasteiger partial charge on any atom is -0.383 e. The maximum absolute atomic E-state index is 13.2. The van der Waals surface area contributed by atoms with Gasteiger partial charge in [0, 0.05) is 29.8 Å². The van der Waals surface area contributed by atoms with Gasteiger partial charge in [-0.1, -0.05) is 17.8 Å². The van der Waals surface area contributed by atoms with E-state index in [0.29, 0.717) is 34.2 Å². The summed E-state index contributed by atoms with van der Waals surface area (Å²) in [7, 11) is 1.57. The number of benzene rings is 1. The van der Waals surface area contributed by atoms with E-state index in [0.717, 1.165) is 36.6 Å². The number of thiophene rings is 1. The van der Waals surface area contributed by atoms with Gasteiger partial charge in [0.1, 0.15) is 4.83 Å². The van der Waals surface area contributed by atoms with Crippen LogP contribution in [0.3, 0.4) is 0 Å². The molecule has 0 aliphatic heterocycles. The number of methoxy groups -OCH3 is 1. The van der Waals surface area contributed by atoms with Crippen LogP contribution in [-0.2, 0) is 28.9 Å². The second-order valence-corrected chi connectivity index (χ2v) is 9.05. The van der Waals surface area contributed by atoms with E-state index >= 15 is 0 Å². The minimum absolute atomic E-state index is 0.0126. The van der Waals surface area contributed by atoms with Gasteiger partial charge in [-0.2, -0.15) is 0 Å². The Morgan fingerprint density at radius 3 is 3.03 bits per heavy atom. The molecule has 0 saturated carbocycles. The molecule has 0 fully saturated rings. The van der Waals surface area contributed by atoms with Crippen LogP contribution >= 0.6 is 23.1 Å². The van der Waals surface area contributed by atoms with Gasteiger partial charge >= 0.3 is 0 Å². The SMILES string of the molecule is COCCn1c(SCC(=O)Nc2cccc([N+](=O)[O-])c2)nc2sc3c(c2c1=O)CCC3. The highest BCUT2D eigenvalue weighted by molar-refractivity contribution is 7.99. The van der Waals surface area contributed by atoms with Crippen LogP contribution in [0.4, 0.5) is 11.4 Å². The molecule has 2 aromatic heterocycles. The molecule has 1 aromatic carbocycles. The van der Waals surface area contributed by atoms with Crippen LogP contribution in [0, 0.1) is 10.1 Å².